The van der Waals surface area contributed by atoms with Gasteiger partial charge in [0.25, 0.3) is 5.91 Å². The lowest BCUT2D eigenvalue weighted by atomic mass is 9.92. The summed E-state index contributed by atoms with van der Waals surface area (Å²) in [5, 5.41) is 3.12. The van der Waals surface area contributed by atoms with Crippen molar-refractivity contribution in [1.82, 2.24) is 5.32 Å². The van der Waals surface area contributed by atoms with Crippen molar-refractivity contribution >= 4 is 5.91 Å². The molecule has 1 N–H and O–H groups in total. The summed E-state index contributed by atoms with van der Waals surface area (Å²) >= 11 is 0. The predicted octanol–water partition coefficient (Wildman–Crippen LogP) is 4.91. The second-order valence-corrected chi connectivity index (χ2v) is 7.28. The highest BCUT2D eigenvalue weighted by Crippen LogP contribution is 2.26. The molecule has 3 rings (SSSR count). The Morgan fingerprint density at radius 3 is 2.46 bits per heavy atom. The van der Waals surface area contributed by atoms with Crippen LogP contribution in [0.5, 0.6) is 5.75 Å². The van der Waals surface area contributed by atoms with Crippen LogP contribution in [0.25, 0.3) is 0 Å². The second kappa shape index (κ2) is 8.39. The van der Waals surface area contributed by atoms with Crippen LogP contribution >= 0.6 is 0 Å². The van der Waals surface area contributed by atoms with E-state index in [0.717, 1.165) is 30.6 Å². The Morgan fingerprint density at radius 2 is 1.77 bits per heavy atom. The third-order valence-electron chi connectivity index (χ3n) is 5.21. The van der Waals surface area contributed by atoms with Gasteiger partial charge in [0, 0.05) is 0 Å². The molecule has 0 heterocycles. The standard InChI is InChI=1S/C23H29NO2/c1-4-22(19-11-9-16(2)10-12-19)24-23(25)17(3)26-21-14-13-18-7-5-6-8-20(18)15-21/h9-15,17,22H,4-8H2,1-3H3,(H,24,25)/t17-,22+/m0/s1. The maximum Gasteiger partial charge on any atom is 0.261 e. The van der Waals surface area contributed by atoms with Gasteiger partial charge in [0.2, 0.25) is 0 Å². The van der Waals surface area contributed by atoms with Crippen LogP contribution in [0.3, 0.4) is 0 Å². The number of nitrogens with one attached hydrogen (secondary N) is 1. The lowest BCUT2D eigenvalue weighted by Crippen LogP contribution is -2.38. The molecule has 0 saturated carbocycles. The van der Waals surface area contributed by atoms with Gasteiger partial charge in [-0.25, -0.2) is 0 Å². The highest BCUT2D eigenvalue weighted by molar-refractivity contribution is 5.81. The zero-order valence-corrected chi connectivity index (χ0v) is 16.0. The summed E-state index contributed by atoms with van der Waals surface area (Å²) in [5.74, 6) is 0.715. The van der Waals surface area contributed by atoms with E-state index >= 15 is 0 Å². The van der Waals surface area contributed by atoms with Gasteiger partial charge in [-0.15, -0.1) is 0 Å². The molecule has 1 amide bonds. The van der Waals surface area contributed by atoms with E-state index in [-0.39, 0.29) is 11.9 Å². The molecule has 0 unspecified atom stereocenters. The summed E-state index contributed by atoms with van der Waals surface area (Å²) in [5.41, 5.74) is 5.14. The monoisotopic (exact) mass is 351 g/mol. The van der Waals surface area contributed by atoms with Crippen LogP contribution in [0.2, 0.25) is 0 Å². The molecule has 2 aromatic rings. The van der Waals surface area contributed by atoms with Gasteiger partial charge in [0.1, 0.15) is 5.75 Å². The average Bonchev–Trinajstić information content (AvgIpc) is 2.66. The van der Waals surface area contributed by atoms with E-state index in [1.807, 2.05) is 13.0 Å². The van der Waals surface area contributed by atoms with Crippen LogP contribution in [0.1, 0.15) is 61.4 Å². The Bertz CT molecular complexity index is 751. The quantitative estimate of drug-likeness (QED) is 0.803. The van der Waals surface area contributed by atoms with Crippen molar-refractivity contribution in [2.75, 3.05) is 0 Å². The minimum Gasteiger partial charge on any atom is -0.481 e. The number of hydrogen-bond donors (Lipinski definition) is 1. The highest BCUT2D eigenvalue weighted by Gasteiger charge is 2.20. The third-order valence-corrected chi connectivity index (χ3v) is 5.21. The predicted molar refractivity (Wildman–Crippen MR) is 106 cm³/mol. The van der Waals surface area contributed by atoms with Crippen LogP contribution in [0.15, 0.2) is 42.5 Å². The first-order valence-electron chi connectivity index (χ1n) is 9.72. The zero-order valence-electron chi connectivity index (χ0n) is 16.0. The first kappa shape index (κ1) is 18.5. The molecule has 0 spiro atoms. The molecule has 3 nitrogen and oxygen atoms in total. The Balaban J connectivity index is 1.62. The van der Waals surface area contributed by atoms with E-state index in [2.05, 4.69) is 55.6 Å². The number of amides is 1. The Morgan fingerprint density at radius 1 is 1.08 bits per heavy atom. The topological polar surface area (TPSA) is 38.3 Å². The van der Waals surface area contributed by atoms with Gasteiger partial charge in [0.15, 0.2) is 6.10 Å². The molecule has 1 aliphatic rings. The molecule has 3 heteroatoms. The van der Waals surface area contributed by atoms with E-state index < -0.39 is 6.10 Å². The van der Waals surface area contributed by atoms with Gasteiger partial charge in [-0.3, -0.25) is 4.79 Å². The van der Waals surface area contributed by atoms with Gasteiger partial charge in [-0.1, -0.05) is 42.8 Å². The molecule has 2 atom stereocenters. The van der Waals surface area contributed by atoms with E-state index in [1.54, 1.807) is 0 Å². The lowest BCUT2D eigenvalue weighted by molar-refractivity contribution is -0.128. The minimum absolute atomic E-state index is 0.0117. The maximum atomic E-state index is 12.6. The van der Waals surface area contributed by atoms with Crippen molar-refractivity contribution in [3.63, 3.8) is 0 Å². The van der Waals surface area contributed by atoms with E-state index in [0.29, 0.717) is 0 Å². The number of ether oxygens (including phenoxy) is 1. The molecule has 0 fully saturated rings. The SMILES string of the molecule is CC[C@@H](NC(=O)[C@H](C)Oc1ccc2c(c1)CCCC2)c1ccc(C)cc1. The van der Waals surface area contributed by atoms with Crippen LogP contribution in [-0.4, -0.2) is 12.0 Å². The first-order chi connectivity index (χ1) is 12.6. The van der Waals surface area contributed by atoms with Crippen molar-refractivity contribution in [3.05, 3.63) is 64.7 Å². The van der Waals surface area contributed by atoms with Crippen molar-refractivity contribution in [2.24, 2.45) is 0 Å². The molecule has 26 heavy (non-hydrogen) atoms. The molecule has 0 aliphatic heterocycles. The summed E-state index contributed by atoms with van der Waals surface area (Å²) in [7, 11) is 0. The average molecular weight is 351 g/mol. The Hall–Kier alpha value is -2.29. The number of fused-ring (bicyclic) bond motifs is 1. The van der Waals surface area contributed by atoms with Crippen LogP contribution in [0, 0.1) is 6.92 Å². The molecule has 2 aromatic carbocycles. The van der Waals surface area contributed by atoms with Gasteiger partial charge in [0.05, 0.1) is 6.04 Å². The molecular weight excluding hydrogens is 322 g/mol. The van der Waals surface area contributed by atoms with E-state index in [1.165, 1.54) is 29.5 Å². The summed E-state index contributed by atoms with van der Waals surface area (Å²) < 4.78 is 5.93. The zero-order chi connectivity index (χ0) is 18.5. The third kappa shape index (κ3) is 4.46. The summed E-state index contributed by atoms with van der Waals surface area (Å²) in [6.45, 7) is 5.97. The maximum absolute atomic E-state index is 12.6. The fraction of sp³-hybridized carbons (Fsp3) is 0.435. The molecule has 1 aliphatic carbocycles. The van der Waals surface area contributed by atoms with Crippen LogP contribution < -0.4 is 10.1 Å². The minimum atomic E-state index is -0.517. The van der Waals surface area contributed by atoms with Crippen molar-refractivity contribution in [1.29, 1.82) is 0 Å². The van der Waals surface area contributed by atoms with Gasteiger partial charge >= 0.3 is 0 Å². The van der Waals surface area contributed by atoms with Gasteiger partial charge < -0.3 is 10.1 Å². The van der Waals surface area contributed by atoms with E-state index in [4.69, 9.17) is 4.74 Å². The molecule has 0 saturated heterocycles. The summed E-state index contributed by atoms with van der Waals surface area (Å²) in [4.78, 5) is 12.6. The second-order valence-electron chi connectivity index (χ2n) is 7.28. The Kier molecular flexibility index (Phi) is 5.97. The number of hydrogen-bond acceptors (Lipinski definition) is 2. The number of benzene rings is 2. The van der Waals surface area contributed by atoms with Crippen LogP contribution in [-0.2, 0) is 17.6 Å². The summed E-state index contributed by atoms with van der Waals surface area (Å²) in [6.07, 6.45) is 5.10. The van der Waals surface area contributed by atoms with E-state index in [9.17, 15) is 4.79 Å². The smallest absolute Gasteiger partial charge is 0.261 e. The largest absolute Gasteiger partial charge is 0.481 e. The fourth-order valence-electron chi connectivity index (χ4n) is 3.55. The van der Waals surface area contributed by atoms with Crippen molar-refractivity contribution < 1.29 is 9.53 Å². The molecule has 138 valence electrons. The van der Waals surface area contributed by atoms with Crippen LogP contribution in [0.4, 0.5) is 0 Å². The normalized spacial score (nSPS) is 15.7. The lowest BCUT2D eigenvalue weighted by Gasteiger charge is -2.22. The summed E-state index contributed by atoms with van der Waals surface area (Å²) in [6, 6.07) is 14.6. The number of carbonyl (C=O) groups excluding carboxylic acids is 1. The van der Waals surface area contributed by atoms with Crippen molar-refractivity contribution in [3.8, 4) is 5.75 Å². The van der Waals surface area contributed by atoms with Gasteiger partial charge in [-0.05, 0) is 74.8 Å². The Labute approximate surface area is 156 Å². The molecular formula is C23H29NO2. The first-order valence-corrected chi connectivity index (χ1v) is 9.72. The number of aryl methyl sites for hydroxylation is 3. The fourth-order valence-corrected chi connectivity index (χ4v) is 3.55. The van der Waals surface area contributed by atoms with Crippen molar-refractivity contribution in [2.45, 2.75) is 65.0 Å². The molecule has 0 bridgehead atoms. The highest BCUT2D eigenvalue weighted by atomic mass is 16.5. The molecule has 0 radical (unpaired) electrons. The van der Waals surface area contributed by atoms with Gasteiger partial charge in [-0.2, -0.15) is 0 Å². The number of carbonyl (C=O) groups is 1. The molecule has 0 aromatic heterocycles. The number of rotatable bonds is 6.